The molecule has 0 radical (unpaired) electrons. The van der Waals surface area contributed by atoms with Crippen molar-refractivity contribution in [3.63, 3.8) is 0 Å². The van der Waals surface area contributed by atoms with E-state index in [1.54, 1.807) is 0 Å². The first kappa shape index (κ1) is 20.8. The molecule has 1 aliphatic rings. The minimum atomic E-state index is -3.73. The van der Waals surface area contributed by atoms with Crippen molar-refractivity contribution in [2.45, 2.75) is 30.8 Å². The number of carbonyl (C=O) groups excluding carboxylic acids is 1. The summed E-state index contributed by atoms with van der Waals surface area (Å²) in [5.41, 5.74) is 2.48. The van der Waals surface area contributed by atoms with Gasteiger partial charge in [-0.2, -0.15) is 0 Å². The Morgan fingerprint density at radius 1 is 1.07 bits per heavy atom. The summed E-state index contributed by atoms with van der Waals surface area (Å²) in [4.78, 5) is 14.7. The van der Waals surface area contributed by atoms with Crippen molar-refractivity contribution in [1.29, 1.82) is 0 Å². The van der Waals surface area contributed by atoms with E-state index in [4.69, 9.17) is 11.6 Å². The van der Waals surface area contributed by atoms with Gasteiger partial charge in [0, 0.05) is 18.7 Å². The lowest BCUT2D eigenvalue weighted by molar-refractivity contribution is 0.0950. The third-order valence-electron chi connectivity index (χ3n) is 4.83. The predicted octanol–water partition coefficient (Wildman–Crippen LogP) is 2.77. The average molecular weight is 422 g/mol. The number of sulfonamides is 1. The Labute approximate surface area is 170 Å². The Morgan fingerprint density at radius 2 is 1.71 bits per heavy atom. The lowest BCUT2D eigenvalue weighted by atomic mass is 10.1. The number of hydrogen-bond donors (Lipinski definition) is 2. The molecule has 0 bridgehead atoms. The zero-order valence-electron chi connectivity index (χ0n) is 15.7. The minimum absolute atomic E-state index is 0.0690. The molecule has 3 rings (SSSR count). The van der Waals surface area contributed by atoms with Crippen LogP contribution in [0.3, 0.4) is 0 Å². The van der Waals surface area contributed by atoms with E-state index >= 15 is 0 Å². The maximum Gasteiger partial charge on any atom is 0.251 e. The molecule has 6 nitrogen and oxygen atoms in total. The van der Waals surface area contributed by atoms with E-state index in [1.165, 1.54) is 43.7 Å². The van der Waals surface area contributed by atoms with E-state index < -0.39 is 10.0 Å². The number of halogens is 1. The van der Waals surface area contributed by atoms with Crippen LogP contribution in [0.1, 0.15) is 34.3 Å². The van der Waals surface area contributed by atoms with Gasteiger partial charge in [0.1, 0.15) is 4.90 Å². The summed E-state index contributed by atoms with van der Waals surface area (Å²) in [5, 5.41) is 2.89. The van der Waals surface area contributed by atoms with E-state index in [9.17, 15) is 13.2 Å². The van der Waals surface area contributed by atoms with Gasteiger partial charge in [-0.15, -0.1) is 0 Å². The molecule has 2 aromatic carbocycles. The van der Waals surface area contributed by atoms with Gasteiger partial charge in [-0.3, -0.25) is 9.69 Å². The largest absolute Gasteiger partial charge is 0.348 e. The fourth-order valence-electron chi connectivity index (χ4n) is 3.21. The normalized spacial score (nSPS) is 14.9. The predicted molar refractivity (Wildman–Crippen MR) is 110 cm³/mol. The third kappa shape index (κ3) is 5.11. The van der Waals surface area contributed by atoms with Crippen LogP contribution >= 0.6 is 11.6 Å². The lowest BCUT2D eigenvalue weighted by Crippen LogP contribution is -2.24. The summed E-state index contributed by atoms with van der Waals surface area (Å²) >= 11 is 5.96. The van der Waals surface area contributed by atoms with E-state index in [0.717, 1.165) is 25.2 Å². The summed E-state index contributed by atoms with van der Waals surface area (Å²) in [6.07, 6.45) is 2.54. The molecule has 1 fully saturated rings. The first-order valence-corrected chi connectivity index (χ1v) is 11.1. The zero-order valence-corrected chi connectivity index (χ0v) is 17.3. The highest BCUT2D eigenvalue weighted by molar-refractivity contribution is 7.89. The summed E-state index contributed by atoms with van der Waals surface area (Å²) < 4.78 is 26.2. The molecular weight excluding hydrogens is 398 g/mol. The van der Waals surface area contributed by atoms with E-state index in [2.05, 4.69) is 27.1 Å². The van der Waals surface area contributed by atoms with Gasteiger partial charge >= 0.3 is 0 Å². The second kappa shape index (κ2) is 9.05. The Balaban J connectivity index is 1.61. The van der Waals surface area contributed by atoms with Crippen LogP contribution in [-0.4, -0.2) is 39.4 Å². The Kier molecular flexibility index (Phi) is 6.72. The molecule has 0 saturated carbocycles. The molecule has 28 heavy (non-hydrogen) atoms. The van der Waals surface area contributed by atoms with Crippen molar-refractivity contribution in [2.24, 2.45) is 0 Å². The number of hydrogen-bond acceptors (Lipinski definition) is 4. The third-order valence-corrected chi connectivity index (χ3v) is 6.73. The smallest absolute Gasteiger partial charge is 0.251 e. The Morgan fingerprint density at radius 3 is 2.36 bits per heavy atom. The van der Waals surface area contributed by atoms with Crippen LogP contribution in [0.25, 0.3) is 0 Å². The summed E-state index contributed by atoms with van der Waals surface area (Å²) in [7, 11) is -2.44. The molecular formula is C20H24ClN3O3S. The van der Waals surface area contributed by atoms with E-state index in [0.29, 0.717) is 6.54 Å². The van der Waals surface area contributed by atoms with Gasteiger partial charge in [0.05, 0.1) is 5.02 Å². The topological polar surface area (TPSA) is 78.5 Å². The average Bonchev–Trinajstić information content (AvgIpc) is 3.20. The second-order valence-electron chi connectivity index (χ2n) is 6.84. The van der Waals surface area contributed by atoms with Gasteiger partial charge in [0.2, 0.25) is 10.0 Å². The molecule has 1 saturated heterocycles. The maximum absolute atomic E-state index is 12.4. The lowest BCUT2D eigenvalue weighted by Gasteiger charge is -2.14. The van der Waals surface area contributed by atoms with Crippen LogP contribution in [-0.2, 0) is 23.1 Å². The van der Waals surface area contributed by atoms with Crippen LogP contribution in [0.15, 0.2) is 47.4 Å². The molecule has 2 N–H and O–H groups in total. The number of amides is 1. The molecule has 1 aliphatic heterocycles. The van der Waals surface area contributed by atoms with Crippen molar-refractivity contribution >= 4 is 27.5 Å². The molecule has 0 aromatic heterocycles. The van der Waals surface area contributed by atoms with Crippen molar-refractivity contribution in [1.82, 2.24) is 14.9 Å². The van der Waals surface area contributed by atoms with Gasteiger partial charge < -0.3 is 5.32 Å². The standard InChI is InChI=1S/C20H24ClN3O3S/c1-22-28(26,27)19-12-17(8-9-18(19)21)20(25)23-13-15-4-6-16(7-5-15)14-24-10-2-3-11-24/h4-9,12,22H,2-3,10-11,13-14H2,1H3,(H,23,25). The van der Waals surface area contributed by atoms with Crippen LogP contribution in [0.4, 0.5) is 0 Å². The summed E-state index contributed by atoms with van der Waals surface area (Å²) in [6.45, 7) is 3.63. The highest BCUT2D eigenvalue weighted by atomic mass is 35.5. The van der Waals surface area contributed by atoms with Crippen molar-refractivity contribution < 1.29 is 13.2 Å². The van der Waals surface area contributed by atoms with Crippen LogP contribution in [0.2, 0.25) is 5.02 Å². The second-order valence-corrected chi connectivity index (χ2v) is 9.10. The number of benzene rings is 2. The molecule has 0 spiro atoms. The number of nitrogens with one attached hydrogen (secondary N) is 2. The quantitative estimate of drug-likeness (QED) is 0.720. The molecule has 8 heteroatoms. The van der Waals surface area contributed by atoms with Crippen molar-refractivity contribution in [3.8, 4) is 0 Å². The molecule has 0 aliphatic carbocycles. The Hall–Kier alpha value is -1.93. The highest BCUT2D eigenvalue weighted by Crippen LogP contribution is 2.22. The van der Waals surface area contributed by atoms with Crippen LogP contribution in [0, 0.1) is 0 Å². The van der Waals surface area contributed by atoms with Crippen LogP contribution < -0.4 is 10.0 Å². The zero-order chi connectivity index (χ0) is 20.1. The fourth-order valence-corrected chi connectivity index (χ4v) is 4.46. The monoisotopic (exact) mass is 421 g/mol. The Bertz CT molecular complexity index is 940. The van der Waals surface area contributed by atoms with Gasteiger partial charge in [0.25, 0.3) is 5.91 Å². The molecule has 1 amide bonds. The molecule has 1 heterocycles. The number of rotatable bonds is 7. The van der Waals surface area contributed by atoms with E-state index in [-0.39, 0.29) is 21.4 Å². The maximum atomic E-state index is 12.4. The van der Waals surface area contributed by atoms with Gasteiger partial charge in [-0.25, -0.2) is 13.1 Å². The first-order chi connectivity index (χ1) is 13.4. The summed E-state index contributed by atoms with van der Waals surface area (Å²) in [5.74, 6) is -0.356. The number of likely N-dealkylation sites (tertiary alicyclic amines) is 1. The number of carbonyl (C=O) groups is 1. The molecule has 150 valence electrons. The highest BCUT2D eigenvalue weighted by Gasteiger charge is 2.18. The van der Waals surface area contributed by atoms with Gasteiger partial charge in [-0.1, -0.05) is 35.9 Å². The molecule has 2 aromatic rings. The van der Waals surface area contributed by atoms with Gasteiger partial charge in [0.15, 0.2) is 0 Å². The number of nitrogens with zero attached hydrogens (tertiary/aromatic N) is 1. The molecule has 0 atom stereocenters. The first-order valence-electron chi connectivity index (χ1n) is 9.20. The van der Waals surface area contributed by atoms with E-state index in [1.807, 2.05) is 12.1 Å². The van der Waals surface area contributed by atoms with Crippen LogP contribution in [0.5, 0.6) is 0 Å². The molecule has 0 unspecified atom stereocenters. The van der Waals surface area contributed by atoms with Crippen molar-refractivity contribution in [3.05, 3.63) is 64.2 Å². The minimum Gasteiger partial charge on any atom is -0.348 e. The van der Waals surface area contributed by atoms with Gasteiger partial charge in [-0.05, 0) is 62.3 Å². The SMILES string of the molecule is CNS(=O)(=O)c1cc(C(=O)NCc2ccc(CN3CCCC3)cc2)ccc1Cl. The van der Waals surface area contributed by atoms with Crippen molar-refractivity contribution in [2.75, 3.05) is 20.1 Å². The summed E-state index contributed by atoms with van der Waals surface area (Å²) in [6, 6.07) is 12.4. The fraction of sp³-hybridized carbons (Fsp3) is 0.350.